The van der Waals surface area contributed by atoms with E-state index in [4.69, 9.17) is 0 Å². The summed E-state index contributed by atoms with van der Waals surface area (Å²) in [7, 11) is 0. The number of carbonyl (C=O) groups excluding carboxylic acids is 1. The number of hydrogen-bond acceptors (Lipinski definition) is 5. The molecule has 0 aromatic carbocycles. The highest BCUT2D eigenvalue weighted by Crippen LogP contribution is 2.20. The Morgan fingerprint density at radius 2 is 2.37 bits per heavy atom. The van der Waals surface area contributed by atoms with Gasteiger partial charge in [0.2, 0.25) is 0 Å². The van der Waals surface area contributed by atoms with Gasteiger partial charge in [0, 0.05) is 30.1 Å². The molecule has 0 unspecified atom stereocenters. The monoisotopic (exact) mass is 297 g/mol. The van der Waals surface area contributed by atoms with Crippen LogP contribution in [0.5, 0.6) is 0 Å². The largest absolute Gasteiger partial charge is 0.338 e. The summed E-state index contributed by atoms with van der Waals surface area (Å²) in [5, 5.41) is 14.1. The molecule has 0 saturated carbocycles. The van der Waals surface area contributed by atoms with E-state index >= 15 is 0 Å². The predicted octanol–water partition coefficient (Wildman–Crippen LogP) is 1.85. The van der Waals surface area contributed by atoms with Gasteiger partial charge in [-0.2, -0.15) is 5.10 Å². The number of H-pyrrole nitrogens is 1. The molecule has 0 radical (unpaired) electrons. The highest BCUT2D eigenvalue weighted by molar-refractivity contribution is 8.00. The Morgan fingerprint density at radius 3 is 3.11 bits per heavy atom. The number of hydrogen-bond donors (Lipinski definition) is 3. The van der Waals surface area contributed by atoms with Crippen LogP contribution in [0, 0.1) is 0 Å². The maximum atomic E-state index is 11.5. The van der Waals surface area contributed by atoms with Crippen LogP contribution in [0.3, 0.4) is 0 Å². The van der Waals surface area contributed by atoms with Crippen LogP contribution in [0.1, 0.15) is 12.1 Å². The molecule has 2 amide bonds. The lowest BCUT2D eigenvalue weighted by atomic mass is 10.4. The minimum Gasteiger partial charge on any atom is -0.338 e. The highest BCUT2D eigenvalue weighted by atomic mass is 32.2. The molecule has 2 aromatic heterocycles. The second-order valence-corrected chi connectivity index (χ2v) is 5.93. The molecule has 0 bridgehead atoms. The number of carbonyl (C=O) groups is 1. The fourth-order valence-corrected chi connectivity index (χ4v) is 2.98. The van der Waals surface area contributed by atoms with Crippen molar-refractivity contribution in [3.05, 3.63) is 29.5 Å². The summed E-state index contributed by atoms with van der Waals surface area (Å²) in [6.45, 7) is 1.12. The van der Waals surface area contributed by atoms with Gasteiger partial charge in [-0.25, -0.2) is 9.78 Å². The summed E-state index contributed by atoms with van der Waals surface area (Å²) in [5.74, 6) is 0.953. The normalized spacial score (nSPS) is 10.3. The van der Waals surface area contributed by atoms with E-state index in [9.17, 15) is 4.79 Å². The zero-order chi connectivity index (χ0) is 13.3. The van der Waals surface area contributed by atoms with Crippen molar-refractivity contribution < 1.29 is 4.79 Å². The fraction of sp³-hybridized carbons (Fsp3) is 0.364. The van der Waals surface area contributed by atoms with Gasteiger partial charge in [0.1, 0.15) is 4.34 Å². The van der Waals surface area contributed by atoms with Crippen LogP contribution in [0.25, 0.3) is 0 Å². The smallest absolute Gasteiger partial charge is 0.315 e. The zero-order valence-corrected chi connectivity index (χ0v) is 11.9. The first-order valence-corrected chi connectivity index (χ1v) is 7.73. The van der Waals surface area contributed by atoms with Gasteiger partial charge in [-0.05, 0) is 12.5 Å². The Hall–Kier alpha value is -1.54. The van der Waals surface area contributed by atoms with Crippen LogP contribution in [-0.2, 0) is 6.54 Å². The van der Waals surface area contributed by atoms with Crippen LogP contribution >= 0.6 is 23.1 Å². The number of thioether (sulfide) groups is 1. The molecule has 102 valence electrons. The second-order valence-electron chi connectivity index (χ2n) is 3.69. The lowest BCUT2D eigenvalue weighted by Crippen LogP contribution is -2.35. The number of aromatic amines is 1. The number of nitrogens with one attached hydrogen (secondary N) is 3. The maximum absolute atomic E-state index is 11.5. The summed E-state index contributed by atoms with van der Waals surface area (Å²) >= 11 is 3.35. The van der Waals surface area contributed by atoms with Gasteiger partial charge >= 0.3 is 6.03 Å². The van der Waals surface area contributed by atoms with Gasteiger partial charge in [-0.1, -0.05) is 11.8 Å². The van der Waals surface area contributed by atoms with Crippen LogP contribution in [0.4, 0.5) is 4.79 Å². The van der Waals surface area contributed by atoms with E-state index in [1.54, 1.807) is 35.5 Å². The topological polar surface area (TPSA) is 82.7 Å². The summed E-state index contributed by atoms with van der Waals surface area (Å²) < 4.78 is 1.07. The lowest BCUT2D eigenvalue weighted by molar-refractivity contribution is 0.240. The molecule has 6 nitrogen and oxygen atoms in total. The fourth-order valence-electron chi connectivity index (χ4n) is 1.34. The second kappa shape index (κ2) is 7.80. The molecule has 19 heavy (non-hydrogen) atoms. The molecule has 0 fully saturated rings. The van der Waals surface area contributed by atoms with Crippen LogP contribution < -0.4 is 10.6 Å². The van der Waals surface area contributed by atoms with Gasteiger partial charge in [0.05, 0.1) is 12.2 Å². The average molecular weight is 297 g/mol. The molecule has 0 aliphatic heterocycles. The number of urea groups is 1. The predicted molar refractivity (Wildman–Crippen MR) is 76.3 cm³/mol. The zero-order valence-electron chi connectivity index (χ0n) is 10.3. The van der Waals surface area contributed by atoms with Crippen LogP contribution in [0.15, 0.2) is 28.2 Å². The molecule has 0 aliphatic rings. The lowest BCUT2D eigenvalue weighted by Gasteiger charge is -2.06. The first kappa shape index (κ1) is 13.9. The molecular weight excluding hydrogens is 282 g/mol. The Kier molecular flexibility index (Phi) is 5.70. The van der Waals surface area contributed by atoms with Gasteiger partial charge in [0.15, 0.2) is 0 Å². The van der Waals surface area contributed by atoms with E-state index in [-0.39, 0.29) is 6.03 Å². The van der Waals surface area contributed by atoms with E-state index in [0.29, 0.717) is 13.1 Å². The molecular formula is C11H15N5OS2. The highest BCUT2D eigenvalue weighted by Gasteiger charge is 2.01. The van der Waals surface area contributed by atoms with Gasteiger partial charge in [-0.3, -0.25) is 5.10 Å². The summed E-state index contributed by atoms with van der Waals surface area (Å²) in [4.78, 5) is 15.6. The van der Waals surface area contributed by atoms with Crippen molar-refractivity contribution in [1.29, 1.82) is 0 Å². The third-order valence-electron chi connectivity index (χ3n) is 2.24. The van der Waals surface area contributed by atoms with Crippen molar-refractivity contribution in [3.8, 4) is 0 Å². The van der Waals surface area contributed by atoms with E-state index < -0.39 is 0 Å². The summed E-state index contributed by atoms with van der Waals surface area (Å²) in [6.07, 6.45) is 4.38. The molecule has 2 heterocycles. The average Bonchev–Trinajstić information content (AvgIpc) is 3.09. The van der Waals surface area contributed by atoms with Crippen molar-refractivity contribution in [2.45, 2.75) is 17.3 Å². The Labute approximate surface area is 119 Å². The molecule has 2 rings (SSSR count). The number of nitrogens with zero attached hydrogens (tertiary/aromatic N) is 2. The third-order valence-corrected chi connectivity index (χ3v) is 4.29. The molecule has 0 atom stereocenters. The SMILES string of the molecule is O=C(NCCCSc1nccs1)NCc1ccn[nH]1. The molecule has 8 heteroatoms. The van der Waals surface area contributed by atoms with Crippen molar-refractivity contribution >= 4 is 29.1 Å². The Bertz CT molecular complexity index is 471. The van der Waals surface area contributed by atoms with E-state index in [0.717, 1.165) is 22.2 Å². The van der Waals surface area contributed by atoms with E-state index in [2.05, 4.69) is 25.8 Å². The molecule has 3 N–H and O–H groups in total. The molecule has 0 aliphatic carbocycles. The number of thiazole rings is 1. The van der Waals surface area contributed by atoms with Crippen molar-refractivity contribution in [2.75, 3.05) is 12.3 Å². The summed E-state index contributed by atoms with van der Waals surface area (Å²) in [5.41, 5.74) is 0.884. The van der Waals surface area contributed by atoms with Crippen molar-refractivity contribution in [2.24, 2.45) is 0 Å². The third kappa shape index (κ3) is 5.31. The van der Waals surface area contributed by atoms with Gasteiger partial charge in [0.25, 0.3) is 0 Å². The molecule has 0 saturated heterocycles. The summed E-state index contributed by atoms with van der Waals surface area (Å²) in [6, 6.07) is 1.67. The number of amides is 2. The molecule has 2 aromatic rings. The minimum atomic E-state index is -0.158. The molecule has 0 spiro atoms. The Morgan fingerprint density at radius 1 is 1.42 bits per heavy atom. The van der Waals surface area contributed by atoms with E-state index in [1.165, 1.54) is 0 Å². The number of aromatic nitrogens is 3. The van der Waals surface area contributed by atoms with Gasteiger partial charge in [-0.15, -0.1) is 11.3 Å². The van der Waals surface area contributed by atoms with Crippen LogP contribution in [-0.4, -0.2) is 33.5 Å². The van der Waals surface area contributed by atoms with Crippen molar-refractivity contribution in [1.82, 2.24) is 25.8 Å². The number of rotatable bonds is 7. The Balaban J connectivity index is 1.49. The standard InChI is InChI=1S/C11H15N5OS2/c17-10(14-8-9-2-4-15-16-9)12-3-1-6-18-11-13-5-7-19-11/h2,4-5,7H,1,3,6,8H2,(H,15,16)(H2,12,14,17). The first-order valence-electron chi connectivity index (χ1n) is 5.87. The quantitative estimate of drug-likeness (QED) is 0.538. The maximum Gasteiger partial charge on any atom is 0.315 e. The van der Waals surface area contributed by atoms with Gasteiger partial charge < -0.3 is 10.6 Å². The van der Waals surface area contributed by atoms with E-state index in [1.807, 2.05) is 11.4 Å². The van der Waals surface area contributed by atoms with Crippen molar-refractivity contribution in [3.63, 3.8) is 0 Å². The minimum absolute atomic E-state index is 0.158. The first-order chi connectivity index (χ1) is 9.34. The van der Waals surface area contributed by atoms with Crippen LogP contribution in [0.2, 0.25) is 0 Å².